The Hall–Kier alpha value is -0.120. The van der Waals surface area contributed by atoms with Crippen LogP contribution in [0.1, 0.15) is 34.6 Å². The van der Waals surface area contributed by atoms with Crippen LogP contribution in [0.15, 0.2) is 0 Å². The van der Waals surface area contributed by atoms with Crippen molar-refractivity contribution in [2.75, 3.05) is 13.2 Å². The summed E-state index contributed by atoms with van der Waals surface area (Å²) in [5.74, 6) is 0.468. The molecular formula is C11H23NO2. The van der Waals surface area contributed by atoms with Crippen molar-refractivity contribution in [3.8, 4) is 0 Å². The van der Waals surface area contributed by atoms with Crippen molar-refractivity contribution < 1.29 is 9.84 Å². The Morgan fingerprint density at radius 3 is 2.43 bits per heavy atom. The molecule has 1 N–H and O–H groups in total. The first-order valence-corrected chi connectivity index (χ1v) is 5.41. The third-order valence-corrected chi connectivity index (χ3v) is 2.72. The number of nitrogens with zero attached hydrogens (tertiary/aromatic N) is 1. The van der Waals surface area contributed by atoms with Gasteiger partial charge in [0.1, 0.15) is 6.23 Å². The van der Waals surface area contributed by atoms with Crippen molar-refractivity contribution in [3.05, 3.63) is 0 Å². The molecule has 1 fully saturated rings. The Labute approximate surface area is 87.1 Å². The number of hydrogen-bond acceptors (Lipinski definition) is 3. The lowest BCUT2D eigenvalue weighted by atomic mass is 10.0. The average molecular weight is 201 g/mol. The van der Waals surface area contributed by atoms with Crippen molar-refractivity contribution in [2.45, 2.75) is 52.5 Å². The highest BCUT2D eigenvalue weighted by Crippen LogP contribution is 2.30. The molecule has 14 heavy (non-hydrogen) atoms. The highest BCUT2D eigenvalue weighted by atomic mass is 16.5. The van der Waals surface area contributed by atoms with E-state index in [9.17, 15) is 5.11 Å². The van der Waals surface area contributed by atoms with Gasteiger partial charge in [-0.15, -0.1) is 0 Å². The van der Waals surface area contributed by atoms with E-state index in [4.69, 9.17) is 4.74 Å². The predicted molar refractivity (Wildman–Crippen MR) is 57.0 cm³/mol. The van der Waals surface area contributed by atoms with Crippen LogP contribution in [0.2, 0.25) is 0 Å². The lowest BCUT2D eigenvalue weighted by Gasteiger charge is -2.35. The Balaban J connectivity index is 2.71. The predicted octanol–water partition coefficient (Wildman–Crippen LogP) is 1.46. The van der Waals surface area contributed by atoms with E-state index < -0.39 is 0 Å². The first-order chi connectivity index (χ1) is 6.34. The van der Waals surface area contributed by atoms with E-state index in [1.807, 2.05) is 6.92 Å². The van der Waals surface area contributed by atoms with Crippen LogP contribution in [0.25, 0.3) is 0 Å². The molecule has 0 aliphatic carbocycles. The van der Waals surface area contributed by atoms with Gasteiger partial charge in [-0.2, -0.15) is 0 Å². The Bertz CT molecular complexity index is 190. The second-order valence-corrected chi connectivity index (χ2v) is 5.26. The maximum absolute atomic E-state index is 9.45. The lowest BCUT2D eigenvalue weighted by Crippen LogP contribution is -2.48. The Morgan fingerprint density at radius 1 is 1.43 bits per heavy atom. The fraction of sp³-hybridized carbons (Fsp3) is 1.00. The van der Waals surface area contributed by atoms with Crippen LogP contribution in [0.4, 0.5) is 0 Å². The fourth-order valence-corrected chi connectivity index (χ4v) is 1.99. The molecule has 0 saturated carbocycles. The number of aliphatic hydroxyl groups excluding tert-OH is 1. The molecule has 0 spiro atoms. The molecule has 0 amide bonds. The van der Waals surface area contributed by atoms with Gasteiger partial charge in [0.25, 0.3) is 0 Å². The Kier molecular flexibility index (Phi) is 3.56. The van der Waals surface area contributed by atoms with Gasteiger partial charge in [-0.3, -0.25) is 4.90 Å². The smallest absolute Gasteiger partial charge is 0.113 e. The van der Waals surface area contributed by atoms with Gasteiger partial charge in [0, 0.05) is 12.1 Å². The molecule has 0 aromatic heterocycles. The van der Waals surface area contributed by atoms with Crippen LogP contribution in [-0.2, 0) is 4.74 Å². The highest BCUT2D eigenvalue weighted by molar-refractivity contribution is 4.90. The van der Waals surface area contributed by atoms with Crippen LogP contribution in [0, 0.1) is 5.92 Å². The van der Waals surface area contributed by atoms with Crippen molar-refractivity contribution in [2.24, 2.45) is 5.92 Å². The summed E-state index contributed by atoms with van der Waals surface area (Å²) in [6.45, 7) is 11.9. The van der Waals surface area contributed by atoms with Crippen LogP contribution in [0.5, 0.6) is 0 Å². The third-order valence-electron chi connectivity index (χ3n) is 2.72. The summed E-state index contributed by atoms with van der Waals surface area (Å²) in [5.41, 5.74) is 0.0475. The molecule has 1 saturated heterocycles. The number of rotatable bonds is 3. The molecule has 1 aliphatic heterocycles. The third kappa shape index (κ3) is 2.47. The zero-order valence-electron chi connectivity index (χ0n) is 9.95. The molecule has 84 valence electrons. The van der Waals surface area contributed by atoms with Gasteiger partial charge in [0.05, 0.1) is 12.7 Å². The van der Waals surface area contributed by atoms with Crippen LogP contribution in [0.3, 0.4) is 0 Å². The quantitative estimate of drug-likeness (QED) is 0.750. The average Bonchev–Trinajstić information content (AvgIpc) is 2.26. The standard InChI is InChI=1S/C11H23NO2/c1-8(2)10-12(6-9(3)13)11(4,5)7-14-10/h8-10,13H,6-7H2,1-5H3. The zero-order chi connectivity index (χ0) is 10.9. The highest BCUT2D eigenvalue weighted by Gasteiger charge is 2.41. The molecule has 0 aromatic carbocycles. The van der Waals surface area contributed by atoms with E-state index in [-0.39, 0.29) is 17.9 Å². The normalized spacial score (nSPS) is 29.8. The fourth-order valence-electron chi connectivity index (χ4n) is 1.99. The van der Waals surface area contributed by atoms with Gasteiger partial charge < -0.3 is 9.84 Å². The minimum Gasteiger partial charge on any atom is -0.392 e. The van der Waals surface area contributed by atoms with E-state index in [1.165, 1.54) is 0 Å². The molecule has 2 unspecified atom stereocenters. The second-order valence-electron chi connectivity index (χ2n) is 5.26. The zero-order valence-corrected chi connectivity index (χ0v) is 9.95. The molecule has 0 radical (unpaired) electrons. The van der Waals surface area contributed by atoms with Crippen molar-refractivity contribution in [1.82, 2.24) is 4.90 Å². The molecule has 0 aromatic rings. The van der Waals surface area contributed by atoms with E-state index in [1.54, 1.807) is 0 Å². The summed E-state index contributed by atoms with van der Waals surface area (Å²) in [4.78, 5) is 2.27. The van der Waals surface area contributed by atoms with Crippen LogP contribution < -0.4 is 0 Å². The molecule has 3 nitrogen and oxygen atoms in total. The maximum atomic E-state index is 9.45. The first-order valence-electron chi connectivity index (χ1n) is 5.41. The van der Waals surface area contributed by atoms with Gasteiger partial charge >= 0.3 is 0 Å². The summed E-state index contributed by atoms with van der Waals surface area (Å²) in [6, 6.07) is 0. The van der Waals surface area contributed by atoms with E-state index >= 15 is 0 Å². The van der Waals surface area contributed by atoms with Gasteiger partial charge in [-0.1, -0.05) is 13.8 Å². The topological polar surface area (TPSA) is 32.7 Å². The minimum atomic E-state index is -0.294. The van der Waals surface area contributed by atoms with Gasteiger partial charge in [-0.05, 0) is 26.7 Å². The number of ether oxygens (including phenoxy) is 1. The Morgan fingerprint density at radius 2 is 2.00 bits per heavy atom. The number of β-amino-alcohol motifs (C(OH)–C–C–N with tert-alkyl or cyclic N) is 1. The second kappa shape index (κ2) is 4.17. The largest absolute Gasteiger partial charge is 0.392 e. The van der Waals surface area contributed by atoms with E-state index in [0.29, 0.717) is 12.5 Å². The van der Waals surface area contributed by atoms with Crippen molar-refractivity contribution in [3.63, 3.8) is 0 Å². The first kappa shape index (κ1) is 12.0. The summed E-state index contributed by atoms with van der Waals surface area (Å²) in [7, 11) is 0. The molecule has 1 aliphatic rings. The number of aliphatic hydroxyl groups is 1. The van der Waals surface area contributed by atoms with E-state index in [0.717, 1.165) is 6.61 Å². The maximum Gasteiger partial charge on any atom is 0.113 e. The van der Waals surface area contributed by atoms with E-state index in [2.05, 4.69) is 32.6 Å². The molecule has 0 bridgehead atoms. The molecular weight excluding hydrogens is 178 g/mol. The van der Waals surface area contributed by atoms with Gasteiger partial charge in [0.2, 0.25) is 0 Å². The molecule has 1 heterocycles. The summed E-state index contributed by atoms with van der Waals surface area (Å²) >= 11 is 0. The lowest BCUT2D eigenvalue weighted by molar-refractivity contribution is -0.0281. The SMILES string of the molecule is CC(O)CN1C(C(C)C)OCC1(C)C. The molecule has 2 atom stereocenters. The number of hydrogen-bond donors (Lipinski definition) is 1. The molecule has 3 heteroatoms. The summed E-state index contributed by atoms with van der Waals surface area (Å²) < 4.78 is 5.76. The monoisotopic (exact) mass is 201 g/mol. The van der Waals surface area contributed by atoms with Gasteiger partial charge in [0.15, 0.2) is 0 Å². The van der Waals surface area contributed by atoms with Crippen molar-refractivity contribution >= 4 is 0 Å². The minimum absolute atomic E-state index is 0.0475. The summed E-state index contributed by atoms with van der Waals surface area (Å²) in [6.07, 6.45) is -0.142. The van der Waals surface area contributed by atoms with Crippen LogP contribution in [-0.4, -0.2) is 41.0 Å². The van der Waals surface area contributed by atoms with Gasteiger partial charge in [-0.25, -0.2) is 0 Å². The van der Waals surface area contributed by atoms with Crippen molar-refractivity contribution in [1.29, 1.82) is 0 Å². The molecule has 1 rings (SSSR count). The summed E-state index contributed by atoms with van der Waals surface area (Å²) in [5, 5.41) is 9.45. The van der Waals surface area contributed by atoms with Crippen LogP contribution >= 0.6 is 0 Å².